The van der Waals surface area contributed by atoms with Crippen molar-refractivity contribution in [2.24, 2.45) is 0 Å². The molecule has 6 nitrogen and oxygen atoms in total. The van der Waals surface area contributed by atoms with E-state index in [0.717, 1.165) is 27.5 Å². The zero-order chi connectivity index (χ0) is 16.7. The summed E-state index contributed by atoms with van der Waals surface area (Å²) >= 11 is 0. The minimum atomic E-state index is -0.0379. The molecule has 3 aromatic heterocycles. The van der Waals surface area contributed by atoms with Crippen LogP contribution >= 0.6 is 0 Å². The standard InChI is InChI=1S/C18H16N4O2/c1-3-22-15-9-11(12-5-4-8-19-17(12)24-2)6-7-13(15)16-14(18(22)23)10-20-21-16/h4-10H,3H2,1-2H3,(H,20,21). The average Bonchev–Trinajstić information content (AvgIpc) is 3.12. The molecule has 0 spiro atoms. The average molecular weight is 320 g/mol. The molecule has 0 aliphatic rings. The fraction of sp³-hybridized carbons (Fsp3) is 0.167. The molecule has 0 aliphatic heterocycles. The van der Waals surface area contributed by atoms with E-state index >= 15 is 0 Å². The highest BCUT2D eigenvalue weighted by atomic mass is 16.5. The molecule has 6 heteroatoms. The third-order valence-corrected chi connectivity index (χ3v) is 4.26. The molecule has 0 bridgehead atoms. The molecule has 24 heavy (non-hydrogen) atoms. The number of aryl methyl sites for hydroxylation is 1. The van der Waals surface area contributed by atoms with Crippen LogP contribution in [0.4, 0.5) is 0 Å². The number of methoxy groups -OCH3 is 1. The Morgan fingerprint density at radius 2 is 2.12 bits per heavy atom. The number of H-pyrrole nitrogens is 1. The Kier molecular flexibility index (Phi) is 3.30. The predicted octanol–water partition coefficient (Wildman–Crippen LogP) is 2.97. The van der Waals surface area contributed by atoms with E-state index in [9.17, 15) is 4.79 Å². The fourth-order valence-electron chi connectivity index (χ4n) is 3.13. The number of aromatic amines is 1. The van der Waals surface area contributed by atoms with Gasteiger partial charge in [-0.15, -0.1) is 0 Å². The fourth-order valence-corrected chi connectivity index (χ4v) is 3.13. The van der Waals surface area contributed by atoms with Crippen molar-refractivity contribution in [3.05, 3.63) is 53.1 Å². The number of pyridine rings is 2. The Bertz CT molecular complexity index is 1110. The first-order chi connectivity index (χ1) is 11.7. The number of nitrogens with zero attached hydrogens (tertiary/aromatic N) is 3. The van der Waals surface area contributed by atoms with Crippen LogP contribution < -0.4 is 10.3 Å². The van der Waals surface area contributed by atoms with Crippen LogP contribution in [0.25, 0.3) is 32.9 Å². The SMILES string of the molecule is CCn1c(=O)c2cn[nH]c2c2ccc(-c3cccnc3OC)cc21. The van der Waals surface area contributed by atoms with Gasteiger partial charge in [0.15, 0.2) is 0 Å². The van der Waals surface area contributed by atoms with Crippen molar-refractivity contribution < 1.29 is 4.74 Å². The van der Waals surface area contributed by atoms with E-state index in [-0.39, 0.29) is 5.56 Å². The first-order valence-corrected chi connectivity index (χ1v) is 7.73. The Morgan fingerprint density at radius 1 is 1.25 bits per heavy atom. The van der Waals surface area contributed by atoms with Crippen LogP contribution in [0.15, 0.2) is 47.5 Å². The van der Waals surface area contributed by atoms with Crippen LogP contribution in [-0.4, -0.2) is 26.9 Å². The summed E-state index contributed by atoms with van der Waals surface area (Å²) < 4.78 is 7.12. The van der Waals surface area contributed by atoms with Gasteiger partial charge in [-0.3, -0.25) is 9.89 Å². The van der Waals surface area contributed by atoms with Gasteiger partial charge >= 0.3 is 0 Å². The minimum absolute atomic E-state index is 0.0379. The molecule has 120 valence electrons. The molecule has 0 aliphatic carbocycles. The molecule has 0 fully saturated rings. The van der Waals surface area contributed by atoms with Crippen molar-refractivity contribution in [2.75, 3.05) is 7.11 Å². The van der Waals surface area contributed by atoms with Crippen molar-refractivity contribution in [1.29, 1.82) is 0 Å². The normalized spacial score (nSPS) is 11.2. The lowest BCUT2D eigenvalue weighted by Gasteiger charge is -2.12. The number of fused-ring (bicyclic) bond motifs is 3. The quantitative estimate of drug-likeness (QED) is 0.630. The van der Waals surface area contributed by atoms with Gasteiger partial charge in [0.25, 0.3) is 5.56 Å². The van der Waals surface area contributed by atoms with Crippen LogP contribution in [0.1, 0.15) is 6.92 Å². The topological polar surface area (TPSA) is 72.8 Å². The Morgan fingerprint density at radius 3 is 2.92 bits per heavy atom. The second-order valence-electron chi connectivity index (χ2n) is 5.50. The van der Waals surface area contributed by atoms with Crippen molar-refractivity contribution in [3.63, 3.8) is 0 Å². The van der Waals surface area contributed by atoms with Gasteiger partial charge in [0.1, 0.15) is 0 Å². The number of ether oxygens (including phenoxy) is 1. The number of benzene rings is 1. The van der Waals surface area contributed by atoms with Gasteiger partial charge < -0.3 is 9.30 Å². The van der Waals surface area contributed by atoms with Gasteiger partial charge in [-0.05, 0) is 30.7 Å². The van der Waals surface area contributed by atoms with Crippen LogP contribution in [-0.2, 0) is 6.54 Å². The van der Waals surface area contributed by atoms with Gasteiger partial charge in [0.05, 0.1) is 29.7 Å². The van der Waals surface area contributed by atoms with Gasteiger partial charge in [-0.2, -0.15) is 5.10 Å². The summed E-state index contributed by atoms with van der Waals surface area (Å²) in [4.78, 5) is 16.9. The van der Waals surface area contributed by atoms with Gasteiger partial charge in [0.2, 0.25) is 5.88 Å². The highest BCUT2D eigenvalue weighted by molar-refractivity contribution is 6.04. The van der Waals surface area contributed by atoms with Crippen molar-refractivity contribution >= 4 is 21.8 Å². The third-order valence-electron chi connectivity index (χ3n) is 4.26. The summed E-state index contributed by atoms with van der Waals surface area (Å²) in [7, 11) is 1.60. The zero-order valence-corrected chi connectivity index (χ0v) is 13.4. The van der Waals surface area contributed by atoms with Crippen molar-refractivity contribution in [3.8, 4) is 17.0 Å². The van der Waals surface area contributed by atoms with E-state index in [2.05, 4.69) is 15.2 Å². The number of hydrogen-bond acceptors (Lipinski definition) is 4. The molecule has 4 rings (SSSR count). The summed E-state index contributed by atoms with van der Waals surface area (Å²) in [5.41, 5.74) is 3.44. The lowest BCUT2D eigenvalue weighted by Crippen LogP contribution is -2.19. The third kappa shape index (κ3) is 2.00. The molecule has 1 aromatic carbocycles. The molecule has 1 N–H and O–H groups in total. The maximum atomic E-state index is 12.7. The molecule has 0 amide bonds. The number of aromatic nitrogens is 4. The summed E-state index contributed by atoms with van der Waals surface area (Å²) in [5.74, 6) is 0.560. The summed E-state index contributed by atoms with van der Waals surface area (Å²) in [6.07, 6.45) is 3.28. The van der Waals surface area contributed by atoms with Crippen LogP contribution in [0.2, 0.25) is 0 Å². The highest BCUT2D eigenvalue weighted by Gasteiger charge is 2.14. The van der Waals surface area contributed by atoms with Gasteiger partial charge in [-0.25, -0.2) is 4.98 Å². The number of nitrogens with one attached hydrogen (secondary N) is 1. The molecule has 0 unspecified atom stereocenters. The summed E-state index contributed by atoms with van der Waals surface area (Å²) in [6.45, 7) is 2.55. The van der Waals surface area contributed by atoms with Crippen LogP contribution in [0.5, 0.6) is 5.88 Å². The number of hydrogen-bond donors (Lipinski definition) is 1. The van der Waals surface area contributed by atoms with Crippen LogP contribution in [0.3, 0.4) is 0 Å². The zero-order valence-electron chi connectivity index (χ0n) is 13.4. The van der Waals surface area contributed by atoms with E-state index in [1.807, 2.05) is 37.3 Å². The lowest BCUT2D eigenvalue weighted by atomic mass is 10.0. The first-order valence-electron chi connectivity index (χ1n) is 7.73. The van der Waals surface area contributed by atoms with E-state index in [1.165, 1.54) is 0 Å². The molecule has 0 saturated carbocycles. The minimum Gasteiger partial charge on any atom is -0.481 e. The predicted molar refractivity (Wildman–Crippen MR) is 93.3 cm³/mol. The van der Waals surface area contributed by atoms with E-state index < -0.39 is 0 Å². The first kappa shape index (κ1) is 14.4. The maximum Gasteiger partial charge on any atom is 0.262 e. The highest BCUT2D eigenvalue weighted by Crippen LogP contribution is 2.31. The van der Waals surface area contributed by atoms with E-state index in [4.69, 9.17) is 4.74 Å². The Labute approximate surface area is 137 Å². The second kappa shape index (κ2) is 5.49. The molecule has 0 atom stereocenters. The maximum absolute atomic E-state index is 12.7. The summed E-state index contributed by atoms with van der Waals surface area (Å²) in [6, 6.07) is 9.83. The molecular formula is C18H16N4O2. The van der Waals surface area contributed by atoms with E-state index in [0.29, 0.717) is 17.8 Å². The molecule has 0 radical (unpaired) electrons. The van der Waals surface area contributed by atoms with Crippen LogP contribution in [0, 0.1) is 0 Å². The monoisotopic (exact) mass is 320 g/mol. The van der Waals surface area contributed by atoms with Gasteiger partial charge in [-0.1, -0.05) is 12.1 Å². The molecule has 4 aromatic rings. The largest absolute Gasteiger partial charge is 0.481 e. The molecular weight excluding hydrogens is 304 g/mol. The van der Waals surface area contributed by atoms with Crippen molar-refractivity contribution in [2.45, 2.75) is 13.5 Å². The Hall–Kier alpha value is -3.15. The van der Waals surface area contributed by atoms with E-state index in [1.54, 1.807) is 24.1 Å². The second-order valence-corrected chi connectivity index (χ2v) is 5.50. The lowest BCUT2D eigenvalue weighted by molar-refractivity contribution is 0.399. The van der Waals surface area contributed by atoms with Crippen molar-refractivity contribution in [1.82, 2.24) is 19.7 Å². The van der Waals surface area contributed by atoms with Gasteiger partial charge in [0, 0.05) is 23.7 Å². The summed E-state index contributed by atoms with van der Waals surface area (Å²) in [5, 5.41) is 8.54. The Balaban J connectivity index is 2.08. The number of rotatable bonds is 3. The molecule has 3 heterocycles. The molecule has 0 saturated heterocycles. The smallest absolute Gasteiger partial charge is 0.262 e.